The molecule has 0 aliphatic carbocycles. The molecule has 0 amide bonds. The molecule has 4 heavy (non-hydrogen) atoms. The van der Waals surface area contributed by atoms with Gasteiger partial charge in [0.1, 0.15) is 0 Å². The summed E-state index contributed by atoms with van der Waals surface area (Å²) in [6, 6.07) is 0. The molecule has 0 nitrogen and oxygen atoms in total. The van der Waals surface area contributed by atoms with E-state index in [0.717, 1.165) is 0 Å². The van der Waals surface area contributed by atoms with E-state index in [1.165, 1.54) is 0 Å². The number of hydrogen-bond donors (Lipinski definition) is 0. The second-order valence-electron chi connectivity index (χ2n) is 0. The van der Waals surface area contributed by atoms with Crippen LogP contribution in [0, 0.1) is 116 Å². The van der Waals surface area contributed by atoms with Gasteiger partial charge in [-0.1, -0.05) is 0 Å². The summed E-state index contributed by atoms with van der Waals surface area (Å²) >= 11 is 0. The maximum absolute atomic E-state index is 0. The van der Waals surface area contributed by atoms with E-state index in [1.807, 2.05) is 0 Å². The van der Waals surface area contributed by atoms with Crippen LogP contribution in [0.5, 0.6) is 0 Å². The fraction of sp³-hybridized carbons (Fsp3) is 0. The summed E-state index contributed by atoms with van der Waals surface area (Å²) in [5.41, 5.74) is 0. The minimum atomic E-state index is 0. The Balaban J connectivity index is 0. The average Bonchev–Trinajstić information content (AvgIpc) is 0. The molecule has 0 rings (SSSR count). The molecule has 0 aliphatic heterocycles. The van der Waals surface area contributed by atoms with E-state index in [-0.39, 0.29) is 132 Å². The number of hydrogen-bond acceptors (Lipinski definition) is 0. The van der Waals surface area contributed by atoms with Crippen molar-refractivity contribution >= 4 is 0 Å². The van der Waals surface area contributed by atoms with Crippen LogP contribution >= 0.6 is 0 Å². The Kier molecular flexibility index (Phi) is 93.3. The van der Waals surface area contributed by atoms with Gasteiger partial charge in [0.25, 0.3) is 0 Å². The Labute approximate surface area is 128 Å². The van der Waals surface area contributed by atoms with Crippen molar-refractivity contribution in [3.05, 3.63) is 0 Å². The van der Waals surface area contributed by atoms with Gasteiger partial charge in [-0.15, -0.1) is 0 Å². The van der Waals surface area contributed by atoms with Crippen molar-refractivity contribution in [2.75, 3.05) is 0 Å². The molecule has 0 saturated heterocycles. The summed E-state index contributed by atoms with van der Waals surface area (Å²) in [6.07, 6.45) is 0. The van der Waals surface area contributed by atoms with Crippen molar-refractivity contribution < 1.29 is 132 Å². The molecule has 0 fully saturated rings. The fourth-order valence-corrected chi connectivity index (χ4v) is 0. The van der Waals surface area contributed by atoms with Crippen molar-refractivity contribution in [1.82, 2.24) is 0 Å². The van der Waals surface area contributed by atoms with Gasteiger partial charge in [-0.25, -0.2) is 0 Å². The summed E-state index contributed by atoms with van der Waals surface area (Å²) in [4.78, 5) is 0. The minimum Gasteiger partial charge on any atom is 0 e. The molecule has 0 saturated carbocycles. The van der Waals surface area contributed by atoms with Crippen molar-refractivity contribution in [1.29, 1.82) is 0 Å². The summed E-state index contributed by atoms with van der Waals surface area (Å²) in [5, 5.41) is 0. The molecule has 37 valence electrons. The molecule has 0 aromatic carbocycles. The zero-order valence-electron chi connectivity index (χ0n) is 1.32. The van der Waals surface area contributed by atoms with E-state index in [0.29, 0.717) is 0 Å². The second-order valence-corrected chi connectivity index (χ2v) is 0. The van der Waals surface area contributed by atoms with Gasteiger partial charge in [0.15, 0.2) is 0 Å². The van der Waals surface area contributed by atoms with Crippen LogP contribution < -0.4 is 0 Å². The first-order chi connectivity index (χ1) is 0. The standard InChI is InChI=1S/Ni.3Tb. The molecule has 0 spiro atoms. The molecular weight excluding hydrogens is 535 g/mol. The first-order valence-electron chi connectivity index (χ1n) is 0. The minimum absolute atomic E-state index is 0. The molecule has 3 radical (unpaired) electrons. The van der Waals surface area contributed by atoms with Crippen molar-refractivity contribution in [2.45, 2.75) is 0 Å². The van der Waals surface area contributed by atoms with Gasteiger partial charge in [-0.3, -0.25) is 0 Å². The summed E-state index contributed by atoms with van der Waals surface area (Å²) in [6.45, 7) is 0. The van der Waals surface area contributed by atoms with Gasteiger partial charge in [0.2, 0.25) is 0 Å². The molecule has 0 aliphatic rings. The molecule has 0 aromatic rings. The summed E-state index contributed by atoms with van der Waals surface area (Å²) in [7, 11) is 0. The Morgan fingerprint density at radius 2 is 0.500 bits per heavy atom. The van der Waals surface area contributed by atoms with Crippen LogP contribution in [-0.4, -0.2) is 0 Å². The Morgan fingerprint density at radius 3 is 0.500 bits per heavy atom. The first-order valence-corrected chi connectivity index (χ1v) is 0. The summed E-state index contributed by atoms with van der Waals surface area (Å²) < 4.78 is 0. The average molecular weight is 535 g/mol. The molecule has 0 atom stereocenters. The van der Waals surface area contributed by atoms with Crippen LogP contribution in [-0.2, 0) is 16.5 Å². The van der Waals surface area contributed by atoms with E-state index in [4.69, 9.17) is 0 Å². The Morgan fingerprint density at radius 1 is 0.500 bits per heavy atom. The largest absolute Gasteiger partial charge is 0 e. The third kappa shape index (κ3) is 9.61. The monoisotopic (exact) mass is 535 g/mol. The zero-order chi connectivity index (χ0) is 0. The van der Waals surface area contributed by atoms with Crippen LogP contribution in [0.25, 0.3) is 0 Å². The first kappa shape index (κ1) is 23.8. The van der Waals surface area contributed by atoms with Crippen LogP contribution in [0.2, 0.25) is 0 Å². The van der Waals surface area contributed by atoms with Gasteiger partial charge < -0.3 is 0 Å². The normalized spacial score (nSPS) is 0. The van der Waals surface area contributed by atoms with Gasteiger partial charge in [-0.05, 0) is 0 Å². The van der Waals surface area contributed by atoms with E-state index < -0.39 is 0 Å². The molecule has 0 aromatic heterocycles. The molecule has 0 N–H and O–H groups in total. The van der Waals surface area contributed by atoms with E-state index in [2.05, 4.69) is 0 Å². The Hall–Kier alpha value is 4.35. The van der Waals surface area contributed by atoms with Gasteiger partial charge in [0.05, 0.1) is 0 Å². The molecular formula is NiTb3. The maximum atomic E-state index is 0. The van der Waals surface area contributed by atoms with Crippen LogP contribution in [0.1, 0.15) is 0 Å². The van der Waals surface area contributed by atoms with Crippen molar-refractivity contribution in [3.8, 4) is 0 Å². The smallest absolute Gasteiger partial charge is 0 e. The zero-order valence-corrected chi connectivity index (χ0v) is 8.72. The topological polar surface area (TPSA) is 0 Å². The van der Waals surface area contributed by atoms with Gasteiger partial charge in [-0.2, -0.15) is 0 Å². The molecule has 4 heteroatoms. The second kappa shape index (κ2) is 15.7. The van der Waals surface area contributed by atoms with Crippen LogP contribution in [0.4, 0.5) is 0 Å². The third-order valence-corrected chi connectivity index (χ3v) is 0. The molecule has 0 bridgehead atoms. The summed E-state index contributed by atoms with van der Waals surface area (Å²) in [5.74, 6) is 0. The fourth-order valence-electron chi connectivity index (χ4n) is 0. The molecule has 0 unspecified atom stereocenters. The number of rotatable bonds is 0. The Bertz CT molecular complexity index is 3.25. The van der Waals surface area contributed by atoms with Gasteiger partial charge >= 0.3 is 0 Å². The van der Waals surface area contributed by atoms with E-state index in [9.17, 15) is 0 Å². The van der Waals surface area contributed by atoms with E-state index in [1.54, 1.807) is 0 Å². The predicted octanol–water partition coefficient (Wildman–Crippen LogP) is -0.00250. The van der Waals surface area contributed by atoms with Crippen LogP contribution in [0.15, 0.2) is 0 Å². The van der Waals surface area contributed by atoms with E-state index >= 15 is 0 Å². The predicted molar refractivity (Wildman–Crippen MR) is 0 cm³/mol. The van der Waals surface area contributed by atoms with Crippen molar-refractivity contribution in [2.24, 2.45) is 0 Å². The molecule has 0 heterocycles. The van der Waals surface area contributed by atoms with Crippen molar-refractivity contribution in [3.63, 3.8) is 0 Å². The SMILES string of the molecule is [Ni].[Tb].[Tb].[Tb]. The maximum Gasteiger partial charge on any atom is 0 e. The van der Waals surface area contributed by atoms with Crippen LogP contribution in [0.3, 0.4) is 0 Å². The van der Waals surface area contributed by atoms with Gasteiger partial charge in [0, 0.05) is 132 Å². The third-order valence-electron chi connectivity index (χ3n) is 0. The quantitative estimate of drug-likeness (QED) is 0.384.